The maximum absolute atomic E-state index is 5.26. The molecule has 1 nitrogen and oxygen atoms in total. The molecule has 0 N–H and O–H groups in total. The van der Waals surface area contributed by atoms with Crippen LogP contribution in [-0.2, 0) is 0 Å². The second-order valence-electron chi connectivity index (χ2n) is 4.20. The molecule has 60 valence electrons. The van der Waals surface area contributed by atoms with Crippen LogP contribution >= 0.6 is 0 Å². The lowest BCUT2D eigenvalue weighted by molar-refractivity contribution is 0.266. The normalized spacial score (nSPS) is 24.5. The van der Waals surface area contributed by atoms with Crippen molar-refractivity contribution >= 4 is 5.71 Å². The number of nitrogens with zero attached hydrogens (tertiary/aromatic N) is 1. The van der Waals surface area contributed by atoms with Crippen molar-refractivity contribution in [3.05, 3.63) is 0 Å². The van der Waals surface area contributed by atoms with Gasteiger partial charge in [-0.25, -0.2) is 0 Å². The maximum atomic E-state index is 5.26. The van der Waals surface area contributed by atoms with Gasteiger partial charge in [-0.1, -0.05) is 26.7 Å². The topological polar surface area (TPSA) is 12.4 Å². The van der Waals surface area contributed by atoms with Crippen LogP contribution < -0.4 is 0 Å². The van der Waals surface area contributed by atoms with Gasteiger partial charge in [-0.15, -0.1) is 6.42 Å². The van der Waals surface area contributed by atoms with Gasteiger partial charge in [-0.05, 0) is 11.3 Å². The SMILES string of the molecule is C#CC1=NCC(C(C)(C)C)C1. The van der Waals surface area contributed by atoms with E-state index in [0.29, 0.717) is 11.3 Å². The van der Waals surface area contributed by atoms with Crippen molar-refractivity contribution in [2.75, 3.05) is 6.54 Å². The summed E-state index contributed by atoms with van der Waals surface area (Å²) in [6.45, 7) is 7.65. The van der Waals surface area contributed by atoms with Gasteiger partial charge in [-0.2, -0.15) is 0 Å². The third-order valence-electron chi connectivity index (χ3n) is 2.33. The Balaban J connectivity index is 2.56. The summed E-state index contributed by atoms with van der Waals surface area (Å²) < 4.78 is 0. The molecule has 1 heterocycles. The van der Waals surface area contributed by atoms with Crippen LogP contribution in [0.3, 0.4) is 0 Å². The minimum absolute atomic E-state index is 0.349. The van der Waals surface area contributed by atoms with Gasteiger partial charge in [0.2, 0.25) is 0 Å². The fourth-order valence-electron chi connectivity index (χ4n) is 1.27. The summed E-state index contributed by atoms with van der Waals surface area (Å²) in [6.07, 6.45) is 6.26. The molecule has 0 saturated carbocycles. The molecular formula is C10H15N. The first-order valence-corrected chi connectivity index (χ1v) is 4.04. The van der Waals surface area contributed by atoms with Crippen LogP contribution in [0.15, 0.2) is 4.99 Å². The first-order valence-electron chi connectivity index (χ1n) is 4.04. The largest absolute Gasteiger partial charge is 0.280 e. The van der Waals surface area contributed by atoms with E-state index in [0.717, 1.165) is 18.7 Å². The van der Waals surface area contributed by atoms with Crippen molar-refractivity contribution in [2.45, 2.75) is 27.2 Å². The molecule has 1 rings (SSSR count). The first-order chi connectivity index (χ1) is 5.04. The Hall–Kier alpha value is -0.770. The highest BCUT2D eigenvalue weighted by molar-refractivity contribution is 6.01. The second kappa shape index (κ2) is 2.70. The van der Waals surface area contributed by atoms with Crippen LogP contribution in [-0.4, -0.2) is 12.3 Å². The Labute approximate surface area is 68.9 Å². The van der Waals surface area contributed by atoms with E-state index in [-0.39, 0.29) is 0 Å². The molecule has 0 amide bonds. The zero-order valence-electron chi connectivity index (χ0n) is 7.52. The lowest BCUT2D eigenvalue weighted by atomic mass is 9.79. The van der Waals surface area contributed by atoms with Crippen LogP contribution in [0, 0.1) is 23.7 Å². The average molecular weight is 149 g/mol. The minimum Gasteiger partial charge on any atom is -0.280 e. The van der Waals surface area contributed by atoms with E-state index in [4.69, 9.17) is 6.42 Å². The van der Waals surface area contributed by atoms with Gasteiger partial charge in [0.25, 0.3) is 0 Å². The Kier molecular flexibility index (Phi) is 2.04. The fraction of sp³-hybridized carbons (Fsp3) is 0.700. The molecule has 0 spiro atoms. The number of aliphatic imine (C=N–C) groups is 1. The third kappa shape index (κ3) is 1.83. The molecule has 0 fully saturated rings. The highest BCUT2D eigenvalue weighted by atomic mass is 14.8. The average Bonchev–Trinajstić information content (AvgIpc) is 2.32. The van der Waals surface area contributed by atoms with Gasteiger partial charge in [0.1, 0.15) is 0 Å². The zero-order valence-corrected chi connectivity index (χ0v) is 7.52. The molecule has 0 aliphatic carbocycles. The van der Waals surface area contributed by atoms with Crippen LogP contribution in [0.1, 0.15) is 27.2 Å². The van der Waals surface area contributed by atoms with Crippen molar-refractivity contribution in [1.82, 2.24) is 0 Å². The van der Waals surface area contributed by atoms with E-state index in [1.54, 1.807) is 0 Å². The number of hydrogen-bond acceptors (Lipinski definition) is 1. The van der Waals surface area contributed by atoms with Gasteiger partial charge in [0.15, 0.2) is 0 Å². The predicted molar refractivity (Wildman–Crippen MR) is 48.7 cm³/mol. The molecule has 1 heteroatoms. The van der Waals surface area contributed by atoms with Crippen molar-refractivity contribution in [1.29, 1.82) is 0 Å². The molecule has 0 saturated heterocycles. The van der Waals surface area contributed by atoms with Gasteiger partial charge in [0.05, 0.1) is 5.71 Å². The summed E-state index contributed by atoms with van der Waals surface area (Å²) in [6, 6.07) is 0. The van der Waals surface area contributed by atoms with E-state index in [1.807, 2.05) is 0 Å². The Morgan fingerprint density at radius 1 is 1.55 bits per heavy atom. The molecule has 0 aromatic heterocycles. The molecule has 1 aliphatic rings. The monoisotopic (exact) mass is 149 g/mol. The van der Waals surface area contributed by atoms with E-state index in [1.165, 1.54) is 0 Å². The Morgan fingerprint density at radius 3 is 2.45 bits per heavy atom. The van der Waals surface area contributed by atoms with Gasteiger partial charge < -0.3 is 0 Å². The third-order valence-corrected chi connectivity index (χ3v) is 2.33. The van der Waals surface area contributed by atoms with Crippen LogP contribution in [0.5, 0.6) is 0 Å². The molecule has 11 heavy (non-hydrogen) atoms. The van der Waals surface area contributed by atoms with E-state index < -0.39 is 0 Å². The van der Waals surface area contributed by atoms with Crippen LogP contribution in [0.2, 0.25) is 0 Å². The summed E-state index contributed by atoms with van der Waals surface area (Å²) >= 11 is 0. The number of rotatable bonds is 0. The quantitative estimate of drug-likeness (QED) is 0.468. The number of hydrogen-bond donors (Lipinski definition) is 0. The van der Waals surface area contributed by atoms with Crippen molar-refractivity contribution < 1.29 is 0 Å². The van der Waals surface area contributed by atoms with Crippen LogP contribution in [0.4, 0.5) is 0 Å². The number of terminal acetylenes is 1. The summed E-state index contributed by atoms with van der Waals surface area (Å²) in [4.78, 5) is 4.28. The molecule has 0 aromatic carbocycles. The molecule has 1 aliphatic heterocycles. The summed E-state index contributed by atoms with van der Waals surface area (Å²) in [5, 5.41) is 0. The van der Waals surface area contributed by atoms with Gasteiger partial charge in [-0.3, -0.25) is 4.99 Å². The fourth-order valence-corrected chi connectivity index (χ4v) is 1.27. The van der Waals surface area contributed by atoms with E-state index in [2.05, 4.69) is 31.7 Å². The maximum Gasteiger partial charge on any atom is 0.0844 e. The molecule has 1 atom stereocenters. The first kappa shape index (κ1) is 8.33. The highest BCUT2D eigenvalue weighted by Gasteiger charge is 2.28. The molecule has 0 bridgehead atoms. The minimum atomic E-state index is 0.349. The summed E-state index contributed by atoms with van der Waals surface area (Å²) in [7, 11) is 0. The predicted octanol–water partition coefficient (Wildman–Crippen LogP) is 2.13. The van der Waals surface area contributed by atoms with Crippen molar-refractivity contribution in [3.63, 3.8) is 0 Å². The van der Waals surface area contributed by atoms with Crippen LogP contribution in [0.25, 0.3) is 0 Å². The molecule has 0 radical (unpaired) electrons. The van der Waals surface area contributed by atoms with Gasteiger partial charge in [0, 0.05) is 13.0 Å². The summed E-state index contributed by atoms with van der Waals surface area (Å²) in [5.41, 5.74) is 1.30. The Morgan fingerprint density at radius 2 is 2.18 bits per heavy atom. The lowest BCUT2D eigenvalue weighted by Gasteiger charge is -2.25. The lowest BCUT2D eigenvalue weighted by Crippen LogP contribution is -2.21. The summed E-state index contributed by atoms with van der Waals surface area (Å²) in [5.74, 6) is 3.26. The standard InChI is InChI=1S/C10H15N/c1-5-9-6-8(7-11-9)10(2,3)4/h1,8H,6-7H2,2-4H3. The zero-order chi connectivity index (χ0) is 8.48. The Bertz CT molecular complexity index is 212. The highest BCUT2D eigenvalue weighted by Crippen LogP contribution is 2.32. The smallest absolute Gasteiger partial charge is 0.0844 e. The van der Waals surface area contributed by atoms with Crippen molar-refractivity contribution in [2.24, 2.45) is 16.3 Å². The van der Waals surface area contributed by atoms with Crippen molar-refractivity contribution in [3.8, 4) is 12.3 Å². The second-order valence-corrected chi connectivity index (χ2v) is 4.20. The molecular weight excluding hydrogens is 134 g/mol. The molecule has 0 aromatic rings. The van der Waals surface area contributed by atoms with Gasteiger partial charge >= 0.3 is 0 Å². The van der Waals surface area contributed by atoms with E-state index >= 15 is 0 Å². The van der Waals surface area contributed by atoms with E-state index in [9.17, 15) is 0 Å². The molecule has 1 unspecified atom stereocenters.